The Morgan fingerprint density at radius 1 is 1.08 bits per heavy atom. The first-order valence-electron chi connectivity index (χ1n) is 13.4. The van der Waals surface area contributed by atoms with Crippen LogP contribution in [0.25, 0.3) is 11.0 Å². The number of aliphatic hydroxyl groups is 1. The normalized spacial score (nSPS) is 25.6. The lowest BCUT2D eigenvalue weighted by atomic mass is 9.79. The van der Waals surface area contributed by atoms with E-state index < -0.39 is 11.4 Å². The molecule has 1 saturated carbocycles. The van der Waals surface area contributed by atoms with E-state index in [2.05, 4.69) is 10.1 Å². The molecule has 2 saturated heterocycles. The summed E-state index contributed by atoms with van der Waals surface area (Å²) < 4.78 is 23.4. The van der Waals surface area contributed by atoms with Crippen molar-refractivity contribution in [1.82, 2.24) is 10.1 Å². The van der Waals surface area contributed by atoms with Crippen LogP contribution in [0.1, 0.15) is 51.4 Å². The number of carboxylic acids is 1. The van der Waals surface area contributed by atoms with Crippen molar-refractivity contribution in [3.8, 4) is 11.6 Å². The third-order valence-electron chi connectivity index (χ3n) is 8.37. The maximum Gasteiger partial charge on any atom is 0.311 e. The number of carbonyl (C=O) groups is 1. The van der Waals surface area contributed by atoms with Crippen molar-refractivity contribution in [2.75, 3.05) is 46.1 Å². The number of aliphatic carboxylic acids is 1. The lowest BCUT2D eigenvalue weighted by Crippen LogP contribution is -2.49. The Morgan fingerprint density at radius 3 is 2.53 bits per heavy atom. The van der Waals surface area contributed by atoms with Crippen LogP contribution in [0.3, 0.4) is 0 Å². The molecule has 1 aromatic heterocycles. The predicted molar refractivity (Wildman–Crippen MR) is 132 cm³/mol. The third-order valence-corrected chi connectivity index (χ3v) is 8.37. The van der Waals surface area contributed by atoms with E-state index >= 15 is 0 Å². The van der Waals surface area contributed by atoms with Gasteiger partial charge in [0.05, 0.1) is 18.1 Å². The first kappa shape index (κ1) is 25.3. The Bertz CT molecular complexity index is 1000. The summed E-state index contributed by atoms with van der Waals surface area (Å²) in [7, 11) is 0. The molecule has 0 radical (unpaired) electrons. The fourth-order valence-corrected chi connectivity index (χ4v) is 5.88. The molecule has 2 aromatic rings. The fourth-order valence-electron chi connectivity index (χ4n) is 5.88. The number of hydrogen-bond donors (Lipinski definition) is 2. The molecule has 3 fully saturated rings. The predicted octanol–water partition coefficient (Wildman–Crippen LogP) is 3.73. The maximum absolute atomic E-state index is 12.0. The fraction of sp³-hybridized carbons (Fsp3) is 0.704. The Labute approximate surface area is 211 Å². The van der Waals surface area contributed by atoms with Crippen LogP contribution < -0.4 is 9.47 Å². The second-order valence-corrected chi connectivity index (χ2v) is 10.8. The molecular weight excluding hydrogens is 464 g/mol. The van der Waals surface area contributed by atoms with Crippen LogP contribution >= 0.6 is 0 Å². The lowest BCUT2D eigenvalue weighted by molar-refractivity contribution is -0.157. The monoisotopic (exact) mass is 502 g/mol. The molecule has 0 amide bonds. The van der Waals surface area contributed by atoms with E-state index in [0.29, 0.717) is 62.5 Å². The van der Waals surface area contributed by atoms with E-state index in [9.17, 15) is 15.0 Å². The largest absolute Gasteiger partial charge is 0.489 e. The van der Waals surface area contributed by atoms with Crippen molar-refractivity contribution in [3.05, 3.63) is 18.2 Å². The lowest BCUT2D eigenvalue weighted by Gasteiger charge is -2.40. The molecule has 0 spiro atoms. The summed E-state index contributed by atoms with van der Waals surface area (Å²) in [5.41, 5.74) is -0.0358. The van der Waals surface area contributed by atoms with Gasteiger partial charge < -0.3 is 33.8 Å². The second-order valence-electron chi connectivity index (χ2n) is 10.8. The van der Waals surface area contributed by atoms with Gasteiger partial charge >= 0.3 is 5.97 Å². The Morgan fingerprint density at radius 2 is 1.83 bits per heavy atom. The molecule has 9 heteroatoms. The van der Waals surface area contributed by atoms with Crippen LogP contribution in [0, 0.1) is 17.3 Å². The molecule has 0 unspecified atom stereocenters. The van der Waals surface area contributed by atoms with E-state index in [1.54, 1.807) is 0 Å². The summed E-state index contributed by atoms with van der Waals surface area (Å²) in [5, 5.41) is 24.2. The van der Waals surface area contributed by atoms with Gasteiger partial charge in [-0.1, -0.05) is 6.07 Å². The van der Waals surface area contributed by atoms with Gasteiger partial charge in [0.25, 0.3) is 5.88 Å². The van der Waals surface area contributed by atoms with Crippen LogP contribution in [0.4, 0.5) is 0 Å². The molecule has 3 heterocycles. The SMILES string of the molecule is O=C(O)C1(CN2CCC(COc3noc4cccc(OC5CCC(CO)CC5)c34)CC2)CCOCC1. The quantitative estimate of drug-likeness (QED) is 0.529. The molecule has 1 aromatic carbocycles. The number of piperidine rings is 1. The minimum Gasteiger partial charge on any atom is -0.489 e. The molecule has 198 valence electrons. The number of ether oxygens (including phenoxy) is 3. The molecule has 9 nitrogen and oxygen atoms in total. The first-order chi connectivity index (χ1) is 17.6. The van der Waals surface area contributed by atoms with Crippen LogP contribution in [-0.2, 0) is 9.53 Å². The van der Waals surface area contributed by atoms with Crippen molar-refractivity contribution in [3.63, 3.8) is 0 Å². The van der Waals surface area contributed by atoms with Gasteiger partial charge in [-0.2, -0.15) is 0 Å². The Kier molecular flexibility index (Phi) is 7.98. The van der Waals surface area contributed by atoms with E-state index in [4.69, 9.17) is 18.7 Å². The number of rotatable bonds is 9. The van der Waals surface area contributed by atoms with Crippen LogP contribution in [0.2, 0.25) is 0 Å². The summed E-state index contributed by atoms with van der Waals surface area (Å²) in [6, 6.07) is 5.72. The van der Waals surface area contributed by atoms with Crippen molar-refractivity contribution >= 4 is 16.9 Å². The highest BCUT2D eigenvalue weighted by atomic mass is 16.5. The van der Waals surface area contributed by atoms with Gasteiger partial charge in [0, 0.05) is 26.4 Å². The van der Waals surface area contributed by atoms with Crippen molar-refractivity contribution in [2.24, 2.45) is 17.3 Å². The highest BCUT2D eigenvalue weighted by Crippen LogP contribution is 2.37. The van der Waals surface area contributed by atoms with Crippen molar-refractivity contribution < 1.29 is 33.7 Å². The summed E-state index contributed by atoms with van der Waals surface area (Å²) in [4.78, 5) is 14.3. The number of nitrogens with zero attached hydrogens (tertiary/aromatic N) is 2. The van der Waals surface area contributed by atoms with Gasteiger partial charge in [0.1, 0.15) is 11.1 Å². The molecule has 1 aliphatic carbocycles. The summed E-state index contributed by atoms with van der Waals surface area (Å²) in [6.45, 7) is 4.18. The molecular formula is C27H38N2O7. The minimum absolute atomic E-state index is 0.121. The molecule has 3 aliphatic rings. The number of hydrogen-bond acceptors (Lipinski definition) is 8. The summed E-state index contributed by atoms with van der Waals surface area (Å²) in [5.74, 6) is 1.27. The van der Waals surface area contributed by atoms with Crippen molar-refractivity contribution in [2.45, 2.75) is 57.5 Å². The van der Waals surface area contributed by atoms with Crippen LogP contribution in [0.15, 0.2) is 22.7 Å². The Hall–Kier alpha value is -2.36. The van der Waals surface area contributed by atoms with Crippen LogP contribution in [-0.4, -0.2) is 78.4 Å². The third kappa shape index (κ3) is 5.63. The van der Waals surface area contributed by atoms with Gasteiger partial charge in [0.2, 0.25) is 0 Å². The number of carboxylic acid groups (broad SMARTS) is 1. The number of benzene rings is 1. The van der Waals surface area contributed by atoms with Gasteiger partial charge in [-0.15, -0.1) is 0 Å². The average molecular weight is 503 g/mol. The molecule has 2 aliphatic heterocycles. The van der Waals surface area contributed by atoms with E-state index in [1.165, 1.54) is 0 Å². The summed E-state index contributed by atoms with van der Waals surface area (Å²) in [6.07, 6.45) is 7.01. The zero-order valence-corrected chi connectivity index (χ0v) is 20.9. The highest BCUT2D eigenvalue weighted by Gasteiger charge is 2.42. The number of aliphatic hydroxyl groups excluding tert-OH is 1. The van der Waals surface area contributed by atoms with Gasteiger partial charge in [-0.05, 0) is 93.6 Å². The molecule has 5 rings (SSSR count). The molecule has 0 bridgehead atoms. The number of fused-ring (bicyclic) bond motifs is 1. The number of likely N-dealkylation sites (tertiary alicyclic amines) is 1. The standard InChI is InChI=1S/C27H38N2O7/c30-16-19-4-6-21(7-5-19)35-22-2-1-3-23-24(22)25(28-36-23)34-17-20-8-12-29(13-9-20)18-27(26(31)32)10-14-33-15-11-27/h1-3,19-21,30H,4-18H2,(H,31,32). The van der Waals surface area contributed by atoms with Crippen molar-refractivity contribution in [1.29, 1.82) is 0 Å². The zero-order chi connectivity index (χ0) is 25.0. The highest BCUT2D eigenvalue weighted by molar-refractivity contribution is 5.88. The maximum atomic E-state index is 12.0. The molecule has 36 heavy (non-hydrogen) atoms. The second kappa shape index (κ2) is 11.4. The topological polar surface area (TPSA) is 114 Å². The minimum atomic E-state index is -0.700. The number of aromatic nitrogens is 1. The zero-order valence-electron chi connectivity index (χ0n) is 20.9. The van der Waals surface area contributed by atoms with E-state index in [0.717, 1.165) is 62.8 Å². The van der Waals surface area contributed by atoms with E-state index in [1.807, 2.05) is 18.2 Å². The molecule has 0 atom stereocenters. The Balaban J connectivity index is 1.15. The smallest absolute Gasteiger partial charge is 0.311 e. The van der Waals surface area contributed by atoms with Gasteiger partial charge in [0.15, 0.2) is 5.58 Å². The summed E-state index contributed by atoms with van der Waals surface area (Å²) >= 11 is 0. The molecule has 2 N–H and O–H groups in total. The van der Waals surface area contributed by atoms with Gasteiger partial charge in [-0.25, -0.2) is 0 Å². The van der Waals surface area contributed by atoms with Gasteiger partial charge in [-0.3, -0.25) is 4.79 Å². The first-order valence-corrected chi connectivity index (χ1v) is 13.4. The average Bonchev–Trinajstić information content (AvgIpc) is 3.33. The van der Waals surface area contributed by atoms with Crippen LogP contribution in [0.5, 0.6) is 11.6 Å². The van der Waals surface area contributed by atoms with E-state index in [-0.39, 0.29) is 12.7 Å².